The molecule has 1 heterocycles. The van der Waals surface area contributed by atoms with Gasteiger partial charge in [0.15, 0.2) is 0 Å². The predicted octanol–water partition coefficient (Wildman–Crippen LogP) is 3.28. The van der Waals surface area contributed by atoms with Crippen molar-refractivity contribution >= 4 is 23.1 Å². The molecule has 0 atom stereocenters. The lowest BCUT2D eigenvalue weighted by atomic mass is 10.3. The van der Waals surface area contributed by atoms with E-state index in [4.69, 9.17) is 22.1 Å². The molecule has 0 amide bonds. The van der Waals surface area contributed by atoms with E-state index in [-0.39, 0.29) is 10.7 Å². The van der Waals surface area contributed by atoms with Gasteiger partial charge in [0.05, 0.1) is 10.5 Å². The first-order chi connectivity index (χ1) is 9.92. The van der Waals surface area contributed by atoms with E-state index >= 15 is 0 Å². The Balaban J connectivity index is 2.36. The second-order valence-corrected chi connectivity index (χ2v) is 4.69. The molecule has 0 aliphatic rings. The van der Waals surface area contributed by atoms with Gasteiger partial charge in [0.1, 0.15) is 22.4 Å². The molecule has 0 unspecified atom stereocenters. The molecule has 0 saturated heterocycles. The zero-order chi connectivity index (χ0) is 15.6. The molecule has 0 radical (unpaired) electrons. The minimum atomic E-state index is -0.560. The molecule has 2 N–H and O–H groups in total. The number of ether oxygens (including phenoxy) is 1. The van der Waals surface area contributed by atoms with Crippen LogP contribution in [0.4, 0.5) is 11.5 Å². The van der Waals surface area contributed by atoms with Gasteiger partial charge in [0.25, 0.3) is 5.69 Å². The highest BCUT2D eigenvalue weighted by Crippen LogP contribution is 2.32. The van der Waals surface area contributed by atoms with Crippen LogP contribution in [0.1, 0.15) is 18.3 Å². The Morgan fingerprint density at radius 3 is 2.71 bits per heavy atom. The zero-order valence-electron chi connectivity index (χ0n) is 11.5. The van der Waals surface area contributed by atoms with Crippen molar-refractivity contribution in [3.63, 3.8) is 0 Å². The minimum absolute atomic E-state index is 0.00658. The van der Waals surface area contributed by atoms with E-state index < -0.39 is 4.92 Å². The monoisotopic (exact) mass is 308 g/mol. The number of nitrogens with zero attached hydrogens (tertiary/aromatic N) is 3. The van der Waals surface area contributed by atoms with Crippen LogP contribution in [0.2, 0.25) is 5.02 Å². The Bertz CT molecular complexity index is 706. The number of nitro benzene ring substituents is 1. The van der Waals surface area contributed by atoms with Gasteiger partial charge in [-0.2, -0.15) is 4.98 Å². The standard InChI is InChI=1S/C13H13ClN4O3/c1-3-11-16-12(15)7(2)13(17-11)21-8-4-5-10(18(19)20)9(14)6-8/h4-6H,3H2,1-2H3,(H2,15,16,17). The van der Waals surface area contributed by atoms with Crippen LogP contribution in [0.5, 0.6) is 11.6 Å². The Kier molecular flexibility index (Phi) is 4.23. The molecule has 1 aromatic heterocycles. The van der Waals surface area contributed by atoms with Crippen molar-refractivity contribution in [1.82, 2.24) is 9.97 Å². The van der Waals surface area contributed by atoms with Crippen molar-refractivity contribution in [1.29, 1.82) is 0 Å². The van der Waals surface area contributed by atoms with Crippen LogP contribution in [0, 0.1) is 17.0 Å². The first-order valence-corrected chi connectivity index (χ1v) is 6.55. The van der Waals surface area contributed by atoms with Crippen molar-refractivity contribution in [2.24, 2.45) is 0 Å². The fourth-order valence-electron chi connectivity index (χ4n) is 1.63. The van der Waals surface area contributed by atoms with Gasteiger partial charge >= 0.3 is 0 Å². The lowest BCUT2D eigenvalue weighted by molar-refractivity contribution is -0.384. The molecule has 1 aromatic carbocycles. The Morgan fingerprint density at radius 1 is 1.43 bits per heavy atom. The van der Waals surface area contributed by atoms with E-state index in [1.54, 1.807) is 6.92 Å². The van der Waals surface area contributed by atoms with Crippen molar-refractivity contribution < 1.29 is 9.66 Å². The van der Waals surface area contributed by atoms with Gasteiger partial charge in [0.2, 0.25) is 5.88 Å². The highest BCUT2D eigenvalue weighted by molar-refractivity contribution is 6.32. The second-order valence-electron chi connectivity index (χ2n) is 4.28. The molecule has 0 aliphatic carbocycles. The molecule has 8 heteroatoms. The van der Waals surface area contributed by atoms with Gasteiger partial charge in [-0.05, 0) is 13.0 Å². The van der Waals surface area contributed by atoms with Crippen LogP contribution in [0.25, 0.3) is 0 Å². The fourth-order valence-corrected chi connectivity index (χ4v) is 1.87. The summed E-state index contributed by atoms with van der Waals surface area (Å²) in [6, 6.07) is 4.09. The van der Waals surface area contributed by atoms with E-state index in [1.165, 1.54) is 18.2 Å². The van der Waals surface area contributed by atoms with E-state index in [2.05, 4.69) is 9.97 Å². The molecule has 0 fully saturated rings. The second kappa shape index (κ2) is 5.92. The topological polar surface area (TPSA) is 104 Å². The van der Waals surface area contributed by atoms with E-state index in [1.807, 2.05) is 6.92 Å². The summed E-state index contributed by atoms with van der Waals surface area (Å²) in [6.45, 7) is 3.63. The molecule has 0 bridgehead atoms. The number of halogens is 1. The molecule has 7 nitrogen and oxygen atoms in total. The average Bonchev–Trinajstić information content (AvgIpc) is 2.43. The minimum Gasteiger partial charge on any atom is -0.438 e. The number of aromatic nitrogens is 2. The normalized spacial score (nSPS) is 10.4. The lowest BCUT2D eigenvalue weighted by Crippen LogP contribution is -2.04. The number of nitrogens with two attached hydrogens (primary N) is 1. The maximum Gasteiger partial charge on any atom is 0.288 e. The van der Waals surface area contributed by atoms with Gasteiger partial charge in [-0.25, -0.2) is 4.98 Å². The highest BCUT2D eigenvalue weighted by atomic mass is 35.5. The number of rotatable bonds is 4. The summed E-state index contributed by atoms with van der Waals surface area (Å²) in [4.78, 5) is 18.5. The molecular weight excluding hydrogens is 296 g/mol. The average molecular weight is 309 g/mol. The van der Waals surface area contributed by atoms with Crippen molar-refractivity contribution in [3.8, 4) is 11.6 Å². The Labute approximate surface area is 125 Å². The number of hydrogen-bond donors (Lipinski definition) is 1. The molecular formula is C13H13ClN4O3. The van der Waals surface area contributed by atoms with Crippen molar-refractivity contribution in [3.05, 3.63) is 44.7 Å². The largest absolute Gasteiger partial charge is 0.438 e. The number of aryl methyl sites for hydroxylation is 1. The number of nitro groups is 1. The Hall–Kier alpha value is -2.41. The van der Waals surface area contributed by atoms with Gasteiger partial charge in [-0.3, -0.25) is 10.1 Å². The molecule has 0 aliphatic heterocycles. The maximum absolute atomic E-state index is 10.7. The van der Waals surface area contributed by atoms with Crippen molar-refractivity contribution in [2.45, 2.75) is 20.3 Å². The van der Waals surface area contributed by atoms with Gasteiger partial charge < -0.3 is 10.5 Å². The summed E-state index contributed by atoms with van der Waals surface area (Å²) in [5.74, 6) is 1.55. The summed E-state index contributed by atoms with van der Waals surface area (Å²) in [7, 11) is 0. The van der Waals surface area contributed by atoms with Crippen LogP contribution in [-0.4, -0.2) is 14.9 Å². The lowest BCUT2D eigenvalue weighted by Gasteiger charge is -2.10. The first kappa shape index (κ1) is 15.0. The van der Waals surface area contributed by atoms with Crippen LogP contribution in [0.15, 0.2) is 18.2 Å². The van der Waals surface area contributed by atoms with E-state index in [9.17, 15) is 10.1 Å². The molecule has 21 heavy (non-hydrogen) atoms. The fraction of sp³-hybridized carbons (Fsp3) is 0.231. The third-order valence-electron chi connectivity index (χ3n) is 2.83. The first-order valence-electron chi connectivity index (χ1n) is 6.17. The number of nitrogen functional groups attached to an aromatic ring is 1. The van der Waals surface area contributed by atoms with Crippen LogP contribution in [0.3, 0.4) is 0 Å². The highest BCUT2D eigenvalue weighted by Gasteiger charge is 2.15. The quantitative estimate of drug-likeness (QED) is 0.686. The zero-order valence-corrected chi connectivity index (χ0v) is 12.2. The molecule has 0 saturated carbocycles. The molecule has 2 rings (SSSR count). The SMILES string of the molecule is CCc1nc(N)c(C)c(Oc2ccc([N+](=O)[O-])c(Cl)c2)n1. The summed E-state index contributed by atoms with van der Waals surface area (Å²) >= 11 is 5.84. The molecule has 110 valence electrons. The van der Waals surface area contributed by atoms with Crippen LogP contribution in [-0.2, 0) is 6.42 Å². The number of hydrogen-bond acceptors (Lipinski definition) is 6. The summed E-state index contributed by atoms with van der Waals surface area (Å²) in [5.41, 5.74) is 6.21. The summed E-state index contributed by atoms with van der Waals surface area (Å²) in [5, 5.41) is 10.7. The maximum atomic E-state index is 10.7. The third kappa shape index (κ3) is 3.19. The van der Waals surface area contributed by atoms with Crippen LogP contribution < -0.4 is 10.5 Å². The van der Waals surface area contributed by atoms with E-state index in [0.717, 1.165) is 0 Å². The smallest absolute Gasteiger partial charge is 0.288 e. The molecule has 0 spiro atoms. The van der Waals surface area contributed by atoms with E-state index in [0.29, 0.717) is 35.3 Å². The predicted molar refractivity (Wildman–Crippen MR) is 78.7 cm³/mol. The number of benzene rings is 1. The number of anilines is 1. The summed E-state index contributed by atoms with van der Waals surface area (Å²) < 4.78 is 5.61. The molecule has 2 aromatic rings. The van der Waals surface area contributed by atoms with Crippen molar-refractivity contribution in [2.75, 3.05) is 5.73 Å². The van der Waals surface area contributed by atoms with Gasteiger partial charge in [-0.15, -0.1) is 0 Å². The van der Waals surface area contributed by atoms with Gasteiger partial charge in [-0.1, -0.05) is 18.5 Å². The summed E-state index contributed by atoms with van der Waals surface area (Å²) in [6.07, 6.45) is 0.613. The van der Waals surface area contributed by atoms with Crippen LogP contribution >= 0.6 is 11.6 Å². The Morgan fingerprint density at radius 2 is 2.14 bits per heavy atom. The van der Waals surface area contributed by atoms with Gasteiger partial charge in [0, 0.05) is 18.6 Å². The third-order valence-corrected chi connectivity index (χ3v) is 3.13.